The molecular formula is C15H20Cl2NO2+. The van der Waals surface area contributed by atoms with Crippen molar-refractivity contribution in [1.29, 1.82) is 0 Å². The standard InChI is InChI=1S/C15H20Cl2NO2/c1-3-18-7-4-5-12(18)6-8-20-14-10-11(16)9-13(17)15(14)19-2/h7,9-10,12H,3-6,8H2,1-2H3/q+1. The molecular weight excluding hydrogens is 297 g/mol. The lowest BCUT2D eigenvalue weighted by atomic mass is 10.1. The summed E-state index contributed by atoms with van der Waals surface area (Å²) < 4.78 is 13.5. The number of rotatable bonds is 6. The summed E-state index contributed by atoms with van der Waals surface area (Å²) in [7, 11) is 1.58. The second kappa shape index (κ2) is 7.19. The third kappa shape index (κ3) is 3.58. The molecule has 0 bridgehead atoms. The van der Waals surface area contributed by atoms with Gasteiger partial charge < -0.3 is 9.47 Å². The normalized spacial score (nSPS) is 18.0. The molecule has 1 aromatic rings. The first-order valence-corrected chi connectivity index (χ1v) is 7.66. The highest BCUT2D eigenvalue weighted by molar-refractivity contribution is 6.35. The van der Waals surface area contributed by atoms with Crippen LogP contribution in [0.15, 0.2) is 12.1 Å². The molecule has 0 aromatic heterocycles. The Kier molecular flexibility index (Phi) is 5.55. The van der Waals surface area contributed by atoms with Gasteiger partial charge in [-0.05, 0) is 13.0 Å². The van der Waals surface area contributed by atoms with Crippen molar-refractivity contribution >= 4 is 29.4 Å². The second-order valence-electron chi connectivity index (χ2n) is 4.80. The van der Waals surface area contributed by atoms with Crippen LogP contribution in [0.25, 0.3) is 0 Å². The zero-order chi connectivity index (χ0) is 14.5. The van der Waals surface area contributed by atoms with E-state index in [0.717, 1.165) is 19.4 Å². The molecule has 0 spiro atoms. The molecule has 1 atom stereocenters. The molecule has 0 radical (unpaired) electrons. The van der Waals surface area contributed by atoms with Crippen molar-refractivity contribution in [2.45, 2.75) is 32.2 Å². The minimum atomic E-state index is 0.472. The van der Waals surface area contributed by atoms with Crippen LogP contribution in [0.2, 0.25) is 10.0 Å². The summed E-state index contributed by atoms with van der Waals surface area (Å²) in [6, 6.07) is 3.96. The Balaban J connectivity index is 1.96. The van der Waals surface area contributed by atoms with E-state index in [0.29, 0.717) is 34.2 Å². The smallest absolute Gasteiger partial charge is 0.179 e. The maximum absolute atomic E-state index is 6.08. The molecule has 0 aliphatic carbocycles. The van der Waals surface area contributed by atoms with E-state index in [4.69, 9.17) is 32.7 Å². The van der Waals surface area contributed by atoms with E-state index >= 15 is 0 Å². The summed E-state index contributed by atoms with van der Waals surface area (Å²) >= 11 is 12.1. The molecule has 0 N–H and O–H groups in total. The highest BCUT2D eigenvalue weighted by Crippen LogP contribution is 2.37. The number of benzene rings is 1. The molecule has 0 fully saturated rings. The van der Waals surface area contributed by atoms with Crippen LogP contribution >= 0.6 is 23.2 Å². The first-order chi connectivity index (χ1) is 9.65. The van der Waals surface area contributed by atoms with Crippen LogP contribution in [0.4, 0.5) is 0 Å². The van der Waals surface area contributed by atoms with Gasteiger partial charge in [-0.15, -0.1) is 0 Å². The van der Waals surface area contributed by atoms with E-state index in [1.165, 1.54) is 6.42 Å². The highest BCUT2D eigenvalue weighted by atomic mass is 35.5. The van der Waals surface area contributed by atoms with Crippen molar-refractivity contribution in [3.63, 3.8) is 0 Å². The van der Waals surface area contributed by atoms with Crippen molar-refractivity contribution in [2.24, 2.45) is 0 Å². The summed E-state index contributed by atoms with van der Waals surface area (Å²) in [5.74, 6) is 1.15. The first-order valence-electron chi connectivity index (χ1n) is 6.90. The summed E-state index contributed by atoms with van der Waals surface area (Å²) in [5.41, 5.74) is 0. The van der Waals surface area contributed by atoms with Crippen molar-refractivity contribution in [2.75, 3.05) is 20.3 Å². The molecule has 1 aliphatic rings. The molecule has 3 nitrogen and oxygen atoms in total. The Bertz CT molecular complexity index is 503. The molecule has 0 saturated heterocycles. The number of halogens is 2. The first kappa shape index (κ1) is 15.5. The maximum Gasteiger partial charge on any atom is 0.179 e. The average molecular weight is 317 g/mol. The van der Waals surface area contributed by atoms with Crippen LogP contribution < -0.4 is 9.47 Å². The Morgan fingerprint density at radius 2 is 2.15 bits per heavy atom. The zero-order valence-corrected chi connectivity index (χ0v) is 13.4. The van der Waals surface area contributed by atoms with Gasteiger partial charge in [-0.2, -0.15) is 0 Å². The van der Waals surface area contributed by atoms with E-state index in [1.807, 2.05) is 0 Å². The van der Waals surface area contributed by atoms with Crippen molar-refractivity contribution < 1.29 is 14.0 Å². The van der Waals surface area contributed by atoms with Crippen molar-refractivity contribution in [3.05, 3.63) is 22.2 Å². The number of hydrogen-bond donors (Lipinski definition) is 0. The lowest BCUT2D eigenvalue weighted by Gasteiger charge is -2.14. The summed E-state index contributed by atoms with van der Waals surface area (Å²) in [5, 5.41) is 1.02. The van der Waals surface area contributed by atoms with E-state index in [-0.39, 0.29) is 0 Å². The fourth-order valence-electron chi connectivity index (χ4n) is 2.59. The third-order valence-electron chi connectivity index (χ3n) is 3.58. The van der Waals surface area contributed by atoms with Crippen LogP contribution in [0.5, 0.6) is 11.5 Å². The number of ether oxygens (including phenoxy) is 2. The average Bonchev–Trinajstić information content (AvgIpc) is 2.86. The minimum Gasteiger partial charge on any atom is -0.491 e. The molecule has 1 aliphatic heterocycles. The third-order valence-corrected chi connectivity index (χ3v) is 4.08. The van der Waals surface area contributed by atoms with Gasteiger partial charge in [-0.25, -0.2) is 4.58 Å². The predicted molar refractivity (Wildman–Crippen MR) is 83.0 cm³/mol. The van der Waals surface area contributed by atoms with Gasteiger partial charge in [0.2, 0.25) is 0 Å². The molecule has 2 rings (SSSR count). The number of methoxy groups -OCH3 is 1. The van der Waals surface area contributed by atoms with Gasteiger partial charge in [-0.1, -0.05) is 23.2 Å². The van der Waals surface area contributed by atoms with Gasteiger partial charge in [0.05, 0.1) is 18.7 Å². The summed E-state index contributed by atoms with van der Waals surface area (Å²) in [4.78, 5) is 0. The zero-order valence-electron chi connectivity index (χ0n) is 11.9. The van der Waals surface area contributed by atoms with Crippen molar-refractivity contribution in [3.8, 4) is 11.5 Å². The fraction of sp³-hybridized carbons (Fsp3) is 0.533. The Labute approximate surface area is 130 Å². The van der Waals surface area contributed by atoms with Crippen LogP contribution in [0.1, 0.15) is 26.2 Å². The molecule has 1 aromatic carbocycles. The van der Waals surface area contributed by atoms with Gasteiger partial charge in [0.15, 0.2) is 17.5 Å². The van der Waals surface area contributed by atoms with Gasteiger partial charge in [-0.3, -0.25) is 0 Å². The Morgan fingerprint density at radius 1 is 1.35 bits per heavy atom. The Hall–Kier alpha value is -0.930. The van der Waals surface area contributed by atoms with Crippen molar-refractivity contribution in [1.82, 2.24) is 0 Å². The minimum absolute atomic E-state index is 0.472. The maximum atomic E-state index is 6.08. The van der Waals surface area contributed by atoms with E-state index in [9.17, 15) is 0 Å². The monoisotopic (exact) mass is 316 g/mol. The molecule has 5 heteroatoms. The SMILES string of the molecule is CC[N+]1=CCCC1CCOc1cc(Cl)cc(Cl)c1OC. The Morgan fingerprint density at radius 3 is 2.85 bits per heavy atom. The topological polar surface area (TPSA) is 21.5 Å². The van der Waals surface area contributed by atoms with Crippen LogP contribution in [0, 0.1) is 0 Å². The summed E-state index contributed by atoms with van der Waals surface area (Å²) in [6.45, 7) is 3.86. The van der Waals surface area contributed by atoms with E-state index < -0.39 is 0 Å². The van der Waals surface area contributed by atoms with E-state index in [2.05, 4.69) is 17.7 Å². The van der Waals surface area contributed by atoms with Crippen LogP contribution in [-0.4, -0.2) is 37.1 Å². The van der Waals surface area contributed by atoms with Gasteiger partial charge in [0.25, 0.3) is 0 Å². The van der Waals surface area contributed by atoms with Gasteiger partial charge >= 0.3 is 0 Å². The van der Waals surface area contributed by atoms with Crippen LogP contribution in [-0.2, 0) is 0 Å². The molecule has 20 heavy (non-hydrogen) atoms. The number of hydrogen-bond acceptors (Lipinski definition) is 2. The largest absolute Gasteiger partial charge is 0.491 e. The van der Waals surface area contributed by atoms with Gasteiger partial charge in [0, 0.05) is 30.4 Å². The quantitative estimate of drug-likeness (QED) is 0.739. The summed E-state index contributed by atoms with van der Waals surface area (Å²) in [6.07, 6.45) is 5.62. The van der Waals surface area contributed by atoms with E-state index in [1.54, 1.807) is 19.2 Å². The molecule has 1 heterocycles. The number of nitrogens with zero attached hydrogens (tertiary/aromatic N) is 1. The molecule has 110 valence electrons. The molecule has 0 amide bonds. The predicted octanol–water partition coefficient (Wildman–Crippen LogP) is 4.04. The highest BCUT2D eigenvalue weighted by Gasteiger charge is 2.24. The van der Waals surface area contributed by atoms with Crippen LogP contribution in [0.3, 0.4) is 0 Å². The molecule has 0 saturated carbocycles. The fourth-order valence-corrected chi connectivity index (χ4v) is 3.14. The molecule has 1 unspecified atom stereocenters. The lowest BCUT2D eigenvalue weighted by molar-refractivity contribution is -0.552. The van der Waals surface area contributed by atoms with Gasteiger partial charge in [0.1, 0.15) is 12.8 Å². The lowest BCUT2D eigenvalue weighted by Crippen LogP contribution is -2.23. The second-order valence-corrected chi connectivity index (χ2v) is 5.64.